The number of carbonyl (C=O) groups excluding carboxylic acids is 1. The smallest absolute Gasteiger partial charge is 0.308 e. The third-order valence-corrected chi connectivity index (χ3v) is 3.58. The lowest BCUT2D eigenvalue weighted by Gasteiger charge is -2.14. The highest BCUT2D eigenvalue weighted by atomic mass is 16.4. The standard InChI is InChI=1S/C17H21NO4/c1-10(2)7-13(17(20)21)9-18-16(19)14-8-12-6-4-5-11(3)15(12)22-14/h4-6,8,10,13H,7,9H2,1-3H3,(H,18,19)(H,20,21). The molecule has 5 nitrogen and oxygen atoms in total. The Bertz CT molecular complexity index is 687. The summed E-state index contributed by atoms with van der Waals surface area (Å²) in [7, 11) is 0. The van der Waals surface area contributed by atoms with Gasteiger partial charge in [0, 0.05) is 11.9 Å². The van der Waals surface area contributed by atoms with Gasteiger partial charge in [-0.1, -0.05) is 32.0 Å². The SMILES string of the molecule is Cc1cccc2cc(C(=O)NCC(CC(C)C)C(=O)O)oc12. The molecule has 0 spiro atoms. The highest BCUT2D eigenvalue weighted by Gasteiger charge is 2.21. The van der Waals surface area contributed by atoms with Gasteiger partial charge in [-0.2, -0.15) is 0 Å². The van der Waals surface area contributed by atoms with Crippen LogP contribution in [0.2, 0.25) is 0 Å². The number of nitrogens with one attached hydrogen (secondary N) is 1. The molecule has 1 aromatic carbocycles. The molecule has 0 aliphatic heterocycles. The van der Waals surface area contributed by atoms with Crippen LogP contribution in [0.3, 0.4) is 0 Å². The van der Waals surface area contributed by atoms with Gasteiger partial charge in [-0.25, -0.2) is 0 Å². The van der Waals surface area contributed by atoms with Gasteiger partial charge < -0.3 is 14.8 Å². The van der Waals surface area contributed by atoms with Gasteiger partial charge in [0.25, 0.3) is 5.91 Å². The summed E-state index contributed by atoms with van der Waals surface area (Å²) in [5.74, 6) is -1.40. The number of carboxylic acid groups (broad SMARTS) is 1. The Morgan fingerprint density at radius 3 is 2.64 bits per heavy atom. The van der Waals surface area contributed by atoms with E-state index in [0.717, 1.165) is 10.9 Å². The Balaban J connectivity index is 2.07. The number of para-hydroxylation sites is 1. The number of carboxylic acids is 1. The van der Waals surface area contributed by atoms with Gasteiger partial charge in [0.2, 0.25) is 0 Å². The van der Waals surface area contributed by atoms with Crippen LogP contribution in [-0.4, -0.2) is 23.5 Å². The molecule has 1 aromatic heterocycles. The number of hydrogen-bond acceptors (Lipinski definition) is 3. The van der Waals surface area contributed by atoms with E-state index in [1.807, 2.05) is 39.0 Å². The lowest BCUT2D eigenvalue weighted by atomic mass is 9.97. The van der Waals surface area contributed by atoms with Gasteiger partial charge in [-0.3, -0.25) is 9.59 Å². The van der Waals surface area contributed by atoms with E-state index in [2.05, 4.69) is 5.32 Å². The number of aliphatic carboxylic acids is 1. The van der Waals surface area contributed by atoms with E-state index >= 15 is 0 Å². The first-order valence-corrected chi connectivity index (χ1v) is 7.38. The second kappa shape index (κ2) is 6.64. The number of amides is 1. The van der Waals surface area contributed by atoms with Gasteiger partial charge in [-0.15, -0.1) is 0 Å². The number of rotatable bonds is 6. The summed E-state index contributed by atoms with van der Waals surface area (Å²) in [6, 6.07) is 7.37. The Hall–Kier alpha value is -2.30. The van der Waals surface area contributed by atoms with E-state index in [0.29, 0.717) is 12.0 Å². The van der Waals surface area contributed by atoms with Crippen LogP contribution in [0.1, 0.15) is 36.4 Å². The first-order valence-electron chi connectivity index (χ1n) is 7.38. The maximum Gasteiger partial charge on any atom is 0.308 e. The number of benzene rings is 1. The second-order valence-corrected chi connectivity index (χ2v) is 5.98. The molecule has 2 rings (SSSR count). The summed E-state index contributed by atoms with van der Waals surface area (Å²) in [6.45, 7) is 5.93. The summed E-state index contributed by atoms with van der Waals surface area (Å²) in [5.41, 5.74) is 1.64. The lowest BCUT2D eigenvalue weighted by molar-refractivity contribution is -0.142. The molecule has 0 saturated heterocycles. The average molecular weight is 303 g/mol. The van der Waals surface area contributed by atoms with E-state index in [1.165, 1.54) is 0 Å². The minimum atomic E-state index is -0.894. The van der Waals surface area contributed by atoms with Crippen LogP contribution in [0.4, 0.5) is 0 Å². The van der Waals surface area contributed by atoms with Crippen molar-refractivity contribution in [2.45, 2.75) is 27.2 Å². The van der Waals surface area contributed by atoms with Gasteiger partial charge in [0.05, 0.1) is 5.92 Å². The zero-order valence-electron chi connectivity index (χ0n) is 13.1. The van der Waals surface area contributed by atoms with Crippen LogP contribution in [0.25, 0.3) is 11.0 Å². The topological polar surface area (TPSA) is 79.5 Å². The molecule has 0 radical (unpaired) electrons. The van der Waals surface area contributed by atoms with Crippen molar-refractivity contribution in [3.05, 3.63) is 35.6 Å². The van der Waals surface area contributed by atoms with Crippen molar-refractivity contribution >= 4 is 22.8 Å². The molecule has 118 valence electrons. The molecule has 0 bridgehead atoms. The third kappa shape index (κ3) is 3.67. The second-order valence-electron chi connectivity index (χ2n) is 5.98. The number of carbonyl (C=O) groups is 2. The third-order valence-electron chi connectivity index (χ3n) is 3.58. The van der Waals surface area contributed by atoms with Crippen molar-refractivity contribution in [3.8, 4) is 0 Å². The summed E-state index contributed by atoms with van der Waals surface area (Å²) in [6.07, 6.45) is 0.523. The predicted molar refractivity (Wildman–Crippen MR) is 83.9 cm³/mol. The quantitative estimate of drug-likeness (QED) is 0.858. The van der Waals surface area contributed by atoms with Crippen LogP contribution in [-0.2, 0) is 4.79 Å². The lowest BCUT2D eigenvalue weighted by Crippen LogP contribution is -2.33. The van der Waals surface area contributed by atoms with Gasteiger partial charge >= 0.3 is 5.97 Å². The average Bonchev–Trinajstić information content (AvgIpc) is 2.88. The van der Waals surface area contributed by atoms with E-state index in [1.54, 1.807) is 6.07 Å². The van der Waals surface area contributed by atoms with Crippen LogP contribution >= 0.6 is 0 Å². The summed E-state index contributed by atoms with van der Waals surface area (Å²) in [4.78, 5) is 23.3. The van der Waals surface area contributed by atoms with Crippen molar-refractivity contribution < 1.29 is 19.1 Å². The molecule has 1 atom stereocenters. The molecule has 22 heavy (non-hydrogen) atoms. The van der Waals surface area contributed by atoms with E-state index < -0.39 is 11.9 Å². The Labute approximate surface area is 129 Å². The molecule has 0 fully saturated rings. The van der Waals surface area contributed by atoms with Gasteiger partial charge in [-0.05, 0) is 30.9 Å². The molecule has 1 amide bonds. The first-order chi connectivity index (χ1) is 10.4. The highest BCUT2D eigenvalue weighted by molar-refractivity contribution is 5.96. The van der Waals surface area contributed by atoms with Crippen molar-refractivity contribution in [2.75, 3.05) is 6.54 Å². The van der Waals surface area contributed by atoms with Crippen molar-refractivity contribution in [3.63, 3.8) is 0 Å². The summed E-state index contributed by atoms with van der Waals surface area (Å²) in [5, 5.41) is 12.7. The molecule has 0 aliphatic carbocycles. The number of furan rings is 1. The Morgan fingerprint density at radius 1 is 1.32 bits per heavy atom. The van der Waals surface area contributed by atoms with Gasteiger partial charge in [0.1, 0.15) is 5.58 Å². The Kier molecular flexibility index (Phi) is 4.85. The summed E-state index contributed by atoms with van der Waals surface area (Å²) >= 11 is 0. The molecule has 0 saturated carbocycles. The maximum absolute atomic E-state index is 12.1. The van der Waals surface area contributed by atoms with E-state index in [-0.39, 0.29) is 24.1 Å². The van der Waals surface area contributed by atoms with E-state index in [9.17, 15) is 14.7 Å². The fourth-order valence-corrected chi connectivity index (χ4v) is 2.46. The van der Waals surface area contributed by atoms with E-state index in [4.69, 9.17) is 4.42 Å². The van der Waals surface area contributed by atoms with Crippen molar-refractivity contribution in [1.29, 1.82) is 0 Å². The number of hydrogen-bond donors (Lipinski definition) is 2. The molecular formula is C17H21NO4. The van der Waals surface area contributed by atoms with Gasteiger partial charge in [0.15, 0.2) is 5.76 Å². The molecule has 5 heteroatoms. The van der Waals surface area contributed by atoms with Crippen molar-refractivity contribution in [1.82, 2.24) is 5.32 Å². The minimum absolute atomic E-state index is 0.0996. The largest absolute Gasteiger partial charge is 0.481 e. The monoisotopic (exact) mass is 303 g/mol. The minimum Gasteiger partial charge on any atom is -0.481 e. The van der Waals surface area contributed by atoms with Crippen LogP contribution in [0.15, 0.2) is 28.7 Å². The number of aryl methyl sites for hydroxylation is 1. The fraction of sp³-hybridized carbons (Fsp3) is 0.412. The first kappa shape index (κ1) is 16.1. The molecule has 0 aliphatic rings. The number of fused-ring (bicyclic) bond motifs is 1. The molecule has 1 unspecified atom stereocenters. The zero-order chi connectivity index (χ0) is 16.3. The van der Waals surface area contributed by atoms with Crippen LogP contribution in [0, 0.1) is 18.8 Å². The van der Waals surface area contributed by atoms with Crippen LogP contribution in [0.5, 0.6) is 0 Å². The predicted octanol–water partition coefficient (Wildman–Crippen LogP) is 3.22. The molecule has 1 heterocycles. The molecular weight excluding hydrogens is 282 g/mol. The zero-order valence-corrected chi connectivity index (χ0v) is 13.1. The molecule has 2 aromatic rings. The summed E-state index contributed by atoms with van der Waals surface area (Å²) < 4.78 is 5.58. The maximum atomic E-state index is 12.1. The normalized spacial score (nSPS) is 12.5. The Morgan fingerprint density at radius 2 is 2.05 bits per heavy atom. The van der Waals surface area contributed by atoms with Crippen molar-refractivity contribution in [2.24, 2.45) is 11.8 Å². The van der Waals surface area contributed by atoms with Crippen LogP contribution < -0.4 is 5.32 Å². The highest BCUT2D eigenvalue weighted by Crippen LogP contribution is 2.22. The fourth-order valence-electron chi connectivity index (χ4n) is 2.46. The molecule has 2 N–H and O–H groups in total.